The number of allylic oxidation sites excluding steroid dienone is 1. The minimum absolute atomic E-state index is 0.258. The van der Waals surface area contributed by atoms with E-state index in [-0.39, 0.29) is 5.41 Å². The number of unbranched alkanes of at least 4 members (excludes halogenated alkanes) is 3. The molecule has 0 unspecified atom stereocenters. The second-order valence-corrected chi connectivity index (χ2v) is 7.96. The van der Waals surface area contributed by atoms with Gasteiger partial charge in [-0.15, -0.1) is 0 Å². The fourth-order valence-electron chi connectivity index (χ4n) is 3.83. The van der Waals surface area contributed by atoms with Crippen LogP contribution in [0.1, 0.15) is 122 Å². The SMILES string of the molecule is C=C(C)C1(c2cc(C)ccc2C)CCCCC1.CC.CCC#N.CCCCCC. The van der Waals surface area contributed by atoms with Crippen LogP contribution in [-0.2, 0) is 5.41 Å². The lowest BCUT2D eigenvalue weighted by molar-refractivity contribution is 0.339. The van der Waals surface area contributed by atoms with E-state index in [1.807, 2.05) is 26.8 Å². The molecule has 1 aliphatic carbocycles. The third-order valence-electron chi connectivity index (χ3n) is 5.55. The molecule has 0 spiro atoms. The fraction of sp³-hybridized carbons (Fsp3) is 0.679. The Labute approximate surface area is 183 Å². The molecular formula is C28H49N. The van der Waals surface area contributed by atoms with Crippen LogP contribution in [0, 0.1) is 25.2 Å². The van der Waals surface area contributed by atoms with E-state index < -0.39 is 0 Å². The third kappa shape index (κ3) is 11.3. The van der Waals surface area contributed by atoms with Gasteiger partial charge in [0.15, 0.2) is 0 Å². The molecule has 1 nitrogen and oxygen atoms in total. The van der Waals surface area contributed by atoms with Crippen molar-refractivity contribution in [2.24, 2.45) is 0 Å². The van der Waals surface area contributed by atoms with Gasteiger partial charge in [0.05, 0.1) is 6.07 Å². The van der Waals surface area contributed by atoms with Crippen molar-refractivity contribution in [3.63, 3.8) is 0 Å². The molecule has 2 rings (SSSR count). The van der Waals surface area contributed by atoms with Crippen molar-refractivity contribution < 1.29 is 0 Å². The van der Waals surface area contributed by atoms with Gasteiger partial charge in [-0.05, 0) is 44.7 Å². The quantitative estimate of drug-likeness (QED) is 0.357. The molecule has 0 amide bonds. The molecule has 1 heteroatoms. The molecule has 0 heterocycles. The summed E-state index contributed by atoms with van der Waals surface area (Å²) in [6.07, 6.45) is 12.8. The van der Waals surface area contributed by atoms with Crippen LogP contribution in [0.4, 0.5) is 0 Å². The minimum Gasteiger partial charge on any atom is -0.198 e. The summed E-state index contributed by atoms with van der Waals surface area (Å²) < 4.78 is 0. The zero-order chi connectivity index (χ0) is 22.7. The van der Waals surface area contributed by atoms with Gasteiger partial charge in [0.25, 0.3) is 0 Å². The minimum atomic E-state index is 0.258. The van der Waals surface area contributed by atoms with E-state index >= 15 is 0 Å². The number of hydrogen-bond donors (Lipinski definition) is 0. The monoisotopic (exact) mass is 399 g/mol. The Morgan fingerprint density at radius 3 is 1.86 bits per heavy atom. The second-order valence-electron chi connectivity index (χ2n) is 7.96. The van der Waals surface area contributed by atoms with E-state index in [2.05, 4.69) is 59.4 Å². The predicted octanol–water partition coefficient (Wildman–Crippen LogP) is 9.61. The van der Waals surface area contributed by atoms with Gasteiger partial charge in [-0.3, -0.25) is 0 Å². The average Bonchev–Trinajstić information content (AvgIpc) is 2.76. The van der Waals surface area contributed by atoms with Crippen molar-refractivity contribution in [2.45, 2.75) is 125 Å². The first-order valence-corrected chi connectivity index (χ1v) is 12.0. The Balaban J connectivity index is 0. The molecule has 166 valence electrons. The summed E-state index contributed by atoms with van der Waals surface area (Å²) in [7, 11) is 0. The van der Waals surface area contributed by atoms with Gasteiger partial charge in [0, 0.05) is 11.8 Å². The summed E-state index contributed by atoms with van der Waals surface area (Å²) in [5.41, 5.74) is 5.95. The normalized spacial score (nSPS) is 13.9. The van der Waals surface area contributed by atoms with Crippen LogP contribution in [0.5, 0.6) is 0 Å². The largest absolute Gasteiger partial charge is 0.198 e. The maximum atomic E-state index is 7.62. The number of nitrogens with zero attached hydrogens (tertiary/aromatic N) is 1. The van der Waals surface area contributed by atoms with Gasteiger partial charge < -0.3 is 0 Å². The van der Waals surface area contributed by atoms with E-state index in [0.29, 0.717) is 6.42 Å². The second kappa shape index (κ2) is 18.5. The highest BCUT2D eigenvalue weighted by molar-refractivity contribution is 5.42. The topological polar surface area (TPSA) is 23.8 Å². The zero-order valence-electron chi connectivity index (χ0n) is 21.0. The molecule has 0 aromatic heterocycles. The lowest BCUT2D eigenvalue weighted by Crippen LogP contribution is -2.31. The molecule has 1 saturated carbocycles. The van der Waals surface area contributed by atoms with Crippen LogP contribution in [0.3, 0.4) is 0 Å². The molecule has 1 aromatic rings. The molecule has 1 aliphatic rings. The summed E-state index contributed by atoms with van der Waals surface area (Å²) in [5.74, 6) is 0. The Hall–Kier alpha value is -1.55. The first kappa shape index (κ1) is 29.6. The van der Waals surface area contributed by atoms with E-state index in [0.717, 1.165) is 0 Å². The van der Waals surface area contributed by atoms with Crippen molar-refractivity contribution in [1.82, 2.24) is 0 Å². The highest BCUT2D eigenvalue weighted by Gasteiger charge is 2.35. The van der Waals surface area contributed by atoms with Crippen LogP contribution in [0.25, 0.3) is 0 Å². The number of rotatable bonds is 5. The van der Waals surface area contributed by atoms with Crippen molar-refractivity contribution in [3.8, 4) is 6.07 Å². The molecule has 1 aromatic carbocycles. The highest BCUT2D eigenvalue weighted by Crippen LogP contribution is 2.45. The van der Waals surface area contributed by atoms with E-state index in [4.69, 9.17) is 5.26 Å². The molecule has 0 radical (unpaired) electrons. The van der Waals surface area contributed by atoms with Crippen molar-refractivity contribution in [1.29, 1.82) is 5.26 Å². The first-order valence-electron chi connectivity index (χ1n) is 12.0. The molecule has 0 aliphatic heterocycles. The maximum Gasteiger partial charge on any atom is 0.0618 e. The van der Waals surface area contributed by atoms with Gasteiger partial charge >= 0.3 is 0 Å². The fourth-order valence-corrected chi connectivity index (χ4v) is 3.83. The van der Waals surface area contributed by atoms with Crippen LogP contribution >= 0.6 is 0 Å². The molecule has 0 saturated heterocycles. The Morgan fingerprint density at radius 2 is 1.48 bits per heavy atom. The van der Waals surface area contributed by atoms with Gasteiger partial charge in [0.2, 0.25) is 0 Å². The van der Waals surface area contributed by atoms with E-state index in [9.17, 15) is 0 Å². The number of hydrogen-bond acceptors (Lipinski definition) is 1. The summed E-state index contributed by atoms with van der Waals surface area (Å²) in [5, 5.41) is 7.62. The zero-order valence-corrected chi connectivity index (χ0v) is 21.0. The molecular weight excluding hydrogens is 350 g/mol. The smallest absolute Gasteiger partial charge is 0.0618 e. The van der Waals surface area contributed by atoms with Crippen molar-refractivity contribution >= 4 is 0 Å². The van der Waals surface area contributed by atoms with Gasteiger partial charge in [-0.2, -0.15) is 5.26 Å². The standard InChI is InChI=1S/C17H24.C6H14.C3H5N.C2H6/c1-13(2)17(10-6-5-7-11-17)16-12-14(3)8-9-15(16)4;1-3-5-6-4-2;1-2-3-4;1-2/h8-9,12H,1,5-7,10-11H2,2-4H3;3-6H2,1-2H3;2H2,1H3;1-2H3. The number of aryl methyl sites for hydroxylation is 2. The summed E-state index contributed by atoms with van der Waals surface area (Å²) in [6, 6.07) is 8.80. The molecule has 0 bridgehead atoms. The molecule has 29 heavy (non-hydrogen) atoms. The highest BCUT2D eigenvalue weighted by atomic mass is 14.4. The lowest BCUT2D eigenvalue weighted by Gasteiger charge is -2.40. The maximum absolute atomic E-state index is 7.62. The van der Waals surface area contributed by atoms with Crippen molar-refractivity contribution in [2.75, 3.05) is 0 Å². The lowest BCUT2D eigenvalue weighted by atomic mass is 9.64. The molecule has 1 fully saturated rings. The van der Waals surface area contributed by atoms with E-state index in [1.165, 1.54) is 80.1 Å². The van der Waals surface area contributed by atoms with Crippen LogP contribution in [-0.4, -0.2) is 0 Å². The van der Waals surface area contributed by atoms with Crippen molar-refractivity contribution in [3.05, 3.63) is 47.0 Å². The third-order valence-corrected chi connectivity index (χ3v) is 5.55. The Kier molecular flexibility index (Phi) is 18.9. The summed E-state index contributed by atoms with van der Waals surface area (Å²) in [4.78, 5) is 0. The van der Waals surface area contributed by atoms with Gasteiger partial charge in [-0.1, -0.05) is 115 Å². The molecule has 0 atom stereocenters. The van der Waals surface area contributed by atoms with Gasteiger partial charge in [-0.25, -0.2) is 0 Å². The first-order chi connectivity index (χ1) is 13.9. The number of nitriles is 1. The Bertz CT molecular complexity index is 566. The van der Waals surface area contributed by atoms with E-state index in [1.54, 1.807) is 0 Å². The predicted molar refractivity (Wildman–Crippen MR) is 133 cm³/mol. The Morgan fingerprint density at radius 1 is 1.00 bits per heavy atom. The van der Waals surface area contributed by atoms with Gasteiger partial charge in [0.1, 0.15) is 0 Å². The number of benzene rings is 1. The molecule has 0 N–H and O–H groups in total. The van der Waals surface area contributed by atoms with Crippen LogP contribution in [0.2, 0.25) is 0 Å². The summed E-state index contributed by atoms with van der Waals surface area (Å²) >= 11 is 0. The van der Waals surface area contributed by atoms with Crippen LogP contribution in [0.15, 0.2) is 30.4 Å². The summed E-state index contributed by atoms with van der Waals surface area (Å²) in [6.45, 7) is 21.2. The van der Waals surface area contributed by atoms with Crippen LogP contribution < -0.4 is 0 Å². The average molecular weight is 400 g/mol.